The molecule has 0 bridgehead atoms. The highest BCUT2D eigenvalue weighted by Crippen LogP contribution is 2.24. The maximum Gasteiger partial charge on any atom is 0.222 e. The number of benzene rings is 1. The summed E-state index contributed by atoms with van der Waals surface area (Å²) in [6, 6.07) is 7.78. The number of nitrogens with zero attached hydrogens (tertiary/aromatic N) is 1. The summed E-state index contributed by atoms with van der Waals surface area (Å²) >= 11 is 6.01. The molecule has 0 aliphatic carbocycles. The number of fused-ring (bicyclic) bond motifs is 1. The number of anilines is 1. The Morgan fingerprint density at radius 3 is 2.62 bits per heavy atom. The highest BCUT2D eigenvalue weighted by molar-refractivity contribution is 6.31. The zero-order valence-electron chi connectivity index (χ0n) is 14.4. The van der Waals surface area contributed by atoms with E-state index in [1.807, 2.05) is 38.1 Å². The van der Waals surface area contributed by atoms with Crippen LogP contribution < -0.4 is 10.6 Å². The second-order valence-electron chi connectivity index (χ2n) is 6.31. The second-order valence-corrected chi connectivity index (χ2v) is 6.74. The van der Waals surface area contributed by atoms with E-state index >= 15 is 0 Å². The van der Waals surface area contributed by atoms with Gasteiger partial charge in [0, 0.05) is 41.3 Å². The van der Waals surface area contributed by atoms with Gasteiger partial charge in [-0.1, -0.05) is 38.3 Å². The van der Waals surface area contributed by atoms with E-state index in [2.05, 4.69) is 15.6 Å². The van der Waals surface area contributed by atoms with Gasteiger partial charge in [-0.3, -0.25) is 9.78 Å². The molecule has 0 aliphatic rings. The van der Waals surface area contributed by atoms with Crippen LogP contribution in [0.15, 0.2) is 30.5 Å². The number of carbonyl (C=O) groups is 1. The summed E-state index contributed by atoms with van der Waals surface area (Å²) in [7, 11) is 0. The normalized spacial score (nSPS) is 11.0. The molecule has 0 spiro atoms. The summed E-state index contributed by atoms with van der Waals surface area (Å²) in [5.74, 6) is 0.209. The minimum Gasteiger partial charge on any atom is -0.384 e. The lowest BCUT2D eigenvalue weighted by Gasteiger charge is -2.10. The van der Waals surface area contributed by atoms with Crippen molar-refractivity contribution in [3.05, 3.63) is 35.5 Å². The number of rotatable bonds is 9. The summed E-state index contributed by atoms with van der Waals surface area (Å²) in [4.78, 5) is 15.8. The van der Waals surface area contributed by atoms with Crippen molar-refractivity contribution >= 4 is 34.1 Å². The summed E-state index contributed by atoms with van der Waals surface area (Å²) in [6.07, 6.45) is 6.23. The second kappa shape index (κ2) is 9.48. The van der Waals surface area contributed by atoms with Crippen molar-refractivity contribution in [1.82, 2.24) is 10.3 Å². The van der Waals surface area contributed by atoms with E-state index < -0.39 is 0 Å². The first kappa shape index (κ1) is 18.5. The monoisotopic (exact) mass is 347 g/mol. The SMILES string of the molecule is CC(C)C(=O)NCCCCCCNc1ccnc2cc(Cl)ccc12. The van der Waals surface area contributed by atoms with Crippen LogP contribution in [0, 0.1) is 5.92 Å². The number of carbonyl (C=O) groups excluding carboxylic acids is 1. The van der Waals surface area contributed by atoms with Gasteiger partial charge in [0.1, 0.15) is 0 Å². The van der Waals surface area contributed by atoms with Crippen LogP contribution >= 0.6 is 11.6 Å². The fourth-order valence-corrected chi connectivity index (χ4v) is 2.68. The van der Waals surface area contributed by atoms with Gasteiger partial charge < -0.3 is 10.6 Å². The number of amides is 1. The van der Waals surface area contributed by atoms with Crippen LogP contribution in [-0.2, 0) is 4.79 Å². The van der Waals surface area contributed by atoms with Crippen molar-refractivity contribution in [2.24, 2.45) is 5.92 Å². The Labute approximate surface area is 149 Å². The van der Waals surface area contributed by atoms with Gasteiger partial charge in [-0.15, -0.1) is 0 Å². The number of aromatic nitrogens is 1. The van der Waals surface area contributed by atoms with E-state index in [9.17, 15) is 4.79 Å². The van der Waals surface area contributed by atoms with Gasteiger partial charge >= 0.3 is 0 Å². The van der Waals surface area contributed by atoms with Gasteiger partial charge in [-0.2, -0.15) is 0 Å². The third kappa shape index (κ3) is 5.68. The lowest BCUT2D eigenvalue weighted by atomic mass is 10.1. The molecule has 0 unspecified atom stereocenters. The molecule has 0 aliphatic heterocycles. The fraction of sp³-hybridized carbons (Fsp3) is 0.474. The van der Waals surface area contributed by atoms with Crippen molar-refractivity contribution in [1.29, 1.82) is 0 Å². The highest BCUT2D eigenvalue weighted by Gasteiger charge is 2.05. The number of halogens is 1. The molecule has 2 N–H and O–H groups in total. The van der Waals surface area contributed by atoms with Crippen molar-refractivity contribution in [3.63, 3.8) is 0 Å². The number of pyridine rings is 1. The summed E-state index contributed by atoms with van der Waals surface area (Å²) in [5.41, 5.74) is 2.01. The van der Waals surface area contributed by atoms with Crippen LogP contribution in [0.3, 0.4) is 0 Å². The van der Waals surface area contributed by atoms with Crippen molar-refractivity contribution in [3.8, 4) is 0 Å². The first-order chi connectivity index (χ1) is 11.6. The molecule has 0 saturated heterocycles. The Hall–Kier alpha value is -1.81. The Balaban J connectivity index is 1.66. The van der Waals surface area contributed by atoms with E-state index in [1.54, 1.807) is 6.20 Å². The van der Waals surface area contributed by atoms with Crippen LogP contribution in [0.25, 0.3) is 10.9 Å². The standard InChI is InChI=1S/C19H26ClN3O/c1-14(2)19(24)23-11-6-4-3-5-10-21-17-9-12-22-18-13-15(20)7-8-16(17)18/h7-9,12-14H,3-6,10-11H2,1-2H3,(H,21,22)(H,23,24). The van der Waals surface area contributed by atoms with Crippen molar-refractivity contribution in [2.45, 2.75) is 39.5 Å². The zero-order valence-corrected chi connectivity index (χ0v) is 15.2. The Morgan fingerprint density at radius 1 is 1.12 bits per heavy atom. The maximum absolute atomic E-state index is 11.4. The first-order valence-corrected chi connectivity index (χ1v) is 9.01. The molecule has 2 aromatic rings. The predicted molar refractivity (Wildman–Crippen MR) is 102 cm³/mol. The van der Waals surface area contributed by atoms with Crippen LogP contribution in [-0.4, -0.2) is 24.0 Å². The molecule has 1 aromatic carbocycles. The number of hydrogen-bond donors (Lipinski definition) is 2. The van der Waals surface area contributed by atoms with Crippen LogP contribution in [0.5, 0.6) is 0 Å². The zero-order chi connectivity index (χ0) is 17.4. The molecule has 2 rings (SSSR count). The molecular formula is C19H26ClN3O. The van der Waals surface area contributed by atoms with E-state index in [4.69, 9.17) is 11.6 Å². The smallest absolute Gasteiger partial charge is 0.222 e. The van der Waals surface area contributed by atoms with Gasteiger partial charge in [-0.25, -0.2) is 0 Å². The Morgan fingerprint density at radius 2 is 1.88 bits per heavy atom. The molecule has 0 atom stereocenters. The quantitative estimate of drug-likeness (QED) is 0.650. The molecule has 1 amide bonds. The average molecular weight is 348 g/mol. The lowest BCUT2D eigenvalue weighted by Crippen LogP contribution is -2.28. The van der Waals surface area contributed by atoms with E-state index in [-0.39, 0.29) is 11.8 Å². The molecular weight excluding hydrogens is 322 g/mol. The third-order valence-corrected chi connectivity index (χ3v) is 4.18. The Bertz CT molecular complexity index is 673. The highest BCUT2D eigenvalue weighted by atomic mass is 35.5. The van der Waals surface area contributed by atoms with Crippen LogP contribution in [0.1, 0.15) is 39.5 Å². The molecule has 0 fully saturated rings. The number of nitrogens with one attached hydrogen (secondary N) is 2. The van der Waals surface area contributed by atoms with E-state index in [0.717, 1.165) is 55.4 Å². The van der Waals surface area contributed by atoms with Crippen LogP contribution in [0.4, 0.5) is 5.69 Å². The minimum absolute atomic E-state index is 0.0688. The van der Waals surface area contributed by atoms with Crippen LogP contribution in [0.2, 0.25) is 5.02 Å². The predicted octanol–water partition coefficient (Wildman–Crippen LogP) is 4.63. The van der Waals surface area contributed by atoms with Gasteiger partial charge in [0.15, 0.2) is 0 Å². The number of hydrogen-bond acceptors (Lipinski definition) is 3. The molecule has 5 heteroatoms. The van der Waals surface area contributed by atoms with E-state index in [0.29, 0.717) is 5.02 Å². The van der Waals surface area contributed by atoms with Gasteiger partial charge in [-0.05, 0) is 37.1 Å². The third-order valence-electron chi connectivity index (χ3n) is 3.95. The average Bonchev–Trinajstić information content (AvgIpc) is 2.56. The van der Waals surface area contributed by atoms with Crippen molar-refractivity contribution in [2.75, 3.05) is 18.4 Å². The van der Waals surface area contributed by atoms with Gasteiger partial charge in [0.2, 0.25) is 5.91 Å². The molecule has 1 aromatic heterocycles. The summed E-state index contributed by atoms with van der Waals surface area (Å²) in [6.45, 7) is 5.54. The van der Waals surface area contributed by atoms with Crippen molar-refractivity contribution < 1.29 is 4.79 Å². The molecule has 1 heterocycles. The fourth-order valence-electron chi connectivity index (χ4n) is 2.52. The minimum atomic E-state index is 0.0688. The largest absolute Gasteiger partial charge is 0.384 e. The lowest BCUT2D eigenvalue weighted by molar-refractivity contribution is -0.123. The molecule has 4 nitrogen and oxygen atoms in total. The summed E-state index contributed by atoms with van der Waals surface area (Å²) in [5, 5.41) is 8.23. The maximum atomic E-state index is 11.4. The Kier molecular flexibility index (Phi) is 7.32. The van der Waals surface area contributed by atoms with E-state index in [1.165, 1.54) is 0 Å². The summed E-state index contributed by atoms with van der Waals surface area (Å²) < 4.78 is 0. The molecule has 0 saturated carbocycles. The molecule has 0 radical (unpaired) electrons. The molecule has 130 valence electrons. The van der Waals surface area contributed by atoms with Gasteiger partial charge in [0.25, 0.3) is 0 Å². The molecule has 24 heavy (non-hydrogen) atoms. The van der Waals surface area contributed by atoms with Gasteiger partial charge in [0.05, 0.1) is 5.52 Å². The topological polar surface area (TPSA) is 54.0 Å². The number of unbranched alkanes of at least 4 members (excludes halogenated alkanes) is 3. The first-order valence-electron chi connectivity index (χ1n) is 8.64.